The number of halogens is 1. The van der Waals surface area contributed by atoms with Crippen LogP contribution in [-0.4, -0.2) is 18.1 Å². The van der Waals surface area contributed by atoms with Crippen LogP contribution in [0.3, 0.4) is 0 Å². The summed E-state index contributed by atoms with van der Waals surface area (Å²) in [7, 11) is 0. The molecule has 1 aromatic rings. The van der Waals surface area contributed by atoms with Crippen LogP contribution >= 0.6 is 12.4 Å². The number of ether oxygens (including phenoxy) is 1. The predicted molar refractivity (Wildman–Crippen MR) is 88.0 cm³/mol. The van der Waals surface area contributed by atoms with Crippen molar-refractivity contribution in [2.45, 2.75) is 51.7 Å². The molecule has 0 radical (unpaired) electrons. The fraction of sp³-hybridized carbons (Fsp3) is 0.562. The molecule has 1 fully saturated rings. The zero-order valence-corrected chi connectivity index (χ0v) is 13.5. The SMILES string of the molecule is CC(C)Oc1ccccc1NC(=O)C1CCCC(N)C1.Cl. The van der Waals surface area contributed by atoms with Crippen molar-refractivity contribution in [3.8, 4) is 5.75 Å². The second kappa shape index (κ2) is 8.25. The van der Waals surface area contributed by atoms with E-state index in [2.05, 4.69) is 5.32 Å². The molecule has 3 N–H and O–H groups in total. The van der Waals surface area contributed by atoms with E-state index >= 15 is 0 Å². The van der Waals surface area contributed by atoms with Gasteiger partial charge >= 0.3 is 0 Å². The van der Waals surface area contributed by atoms with Crippen LogP contribution in [-0.2, 0) is 4.79 Å². The lowest BCUT2D eigenvalue weighted by Crippen LogP contribution is -2.34. The van der Waals surface area contributed by atoms with Gasteiger partial charge in [0, 0.05) is 12.0 Å². The lowest BCUT2D eigenvalue weighted by Gasteiger charge is -2.26. The molecule has 2 atom stereocenters. The first-order valence-corrected chi connectivity index (χ1v) is 7.38. The largest absolute Gasteiger partial charge is 0.489 e. The molecular formula is C16H25ClN2O2. The first-order chi connectivity index (χ1) is 9.56. The van der Waals surface area contributed by atoms with E-state index < -0.39 is 0 Å². The van der Waals surface area contributed by atoms with Crippen LogP contribution in [0.15, 0.2) is 24.3 Å². The first kappa shape index (κ1) is 17.8. The lowest BCUT2D eigenvalue weighted by atomic mass is 9.85. The minimum atomic E-state index is 0. The van der Waals surface area contributed by atoms with Crippen LogP contribution in [0, 0.1) is 5.92 Å². The van der Waals surface area contributed by atoms with E-state index in [1.807, 2.05) is 38.1 Å². The monoisotopic (exact) mass is 312 g/mol. The summed E-state index contributed by atoms with van der Waals surface area (Å²) in [5.41, 5.74) is 6.69. The fourth-order valence-corrected chi connectivity index (χ4v) is 2.63. The molecule has 5 heteroatoms. The Morgan fingerprint density at radius 3 is 2.71 bits per heavy atom. The Morgan fingerprint density at radius 2 is 2.05 bits per heavy atom. The molecule has 0 saturated heterocycles. The van der Waals surface area contributed by atoms with E-state index in [9.17, 15) is 4.79 Å². The molecule has 1 aliphatic rings. The highest BCUT2D eigenvalue weighted by Crippen LogP contribution is 2.28. The van der Waals surface area contributed by atoms with Crippen LogP contribution in [0.25, 0.3) is 0 Å². The summed E-state index contributed by atoms with van der Waals surface area (Å²) in [5.74, 6) is 0.793. The number of hydrogen-bond acceptors (Lipinski definition) is 3. The van der Waals surface area contributed by atoms with Crippen molar-refractivity contribution in [1.82, 2.24) is 0 Å². The third kappa shape index (κ3) is 5.21. The zero-order chi connectivity index (χ0) is 14.5. The van der Waals surface area contributed by atoms with E-state index in [0.29, 0.717) is 0 Å². The Morgan fingerprint density at radius 1 is 1.33 bits per heavy atom. The van der Waals surface area contributed by atoms with Gasteiger partial charge in [0.2, 0.25) is 5.91 Å². The molecule has 1 saturated carbocycles. The smallest absolute Gasteiger partial charge is 0.227 e. The number of rotatable bonds is 4. The van der Waals surface area contributed by atoms with Gasteiger partial charge in [-0.2, -0.15) is 0 Å². The van der Waals surface area contributed by atoms with Gasteiger partial charge in [0.15, 0.2) is 0 Å². The molecular weight excluding hydrogens is 288 g/mol. The standard InChI is InChI=1S/C16H24N2O2.ClH/c1-11(2)20-15-9-4-3-8-14(15)18-16(19)12-6-5-7-13(17)10-12;/h3-4,8-9,11-13H,5-7,10,17H2,1-2H3,(H,18,19);1H. The summed E-state index contributed by atoms with van der Waals surface area (Å²) < 4.78 is 5.72. The summed E-state index contributed by atoms with van der Waals surface area (Å²) in [4.78, 5) is 12.3. The number of carbonyl (C=O) groups excluding carboxylic acids is 1. The first-order valence-electron chi connectivity index (χ1n) is 7.38. The maximum absolute atomic E-state index is 12.3. The van der Waals surface area contributed by atoms with Gasteiger partial charge in [-0.25, -0.2) is 0 Å². The highest BCUT2D eigenvalue weighted by atomic mass is 35.5. The van der Waals surface area contributed by atoms with Crippen LogP contribution in [0.2, 0.25) is 0 Å². The Labute approximate surface area is 132 Å². The topological polar surface area (TPSA) is 64.3 Å². The molecule has 21 heavy (non-hydrogen) atoms. The maximum Gasteiger partial charge on any atom is 0.227 e. The average Bonchev–Trinajstić information content (AvgIpc) is 2.40. The van der Waals surface area contributed by atoms with Gasteiger partial charge < -0.3 is 15.8 Å². The highest BCUT2D eigenvalue weighted by molar-refractivity contribution is 5.94. The molecule has 0 aliphatic heterocycles. The molecule has 4 nitrogen and oxygen atoms in total. The summed E-state index contributed by atoms with van der Waals surface area (Å²) in [6, 6.07) is 7.71. The minimum absolute atomic E-state index is 0. The van der Waals surface area contributed by atoms with Crippen molar-refractivity contribution in [2.24, 2.45) is 11.7 Å². The summed E-state index contributed by atoms with van der Waals surface area (Å²) in [6.45, 7) is 3.94. The molecule has 0 spiro atoms. The number of anilines is 1. The molecule has 2 rings (SSSR count). The average molecular weight is 313 g/mol. The maximum atomic E-state index is 12.3. The lowest BCUT2D eigenvalue weighted by molar-refractivity contribution is -0.120. The van der Waals surface area contributed by atoms with Crippen molar-refractivity contribution in [3.63, 3.8) is 0 Å². The third-order valence-electron chi connectivity index (χ3n) is 3.59. The quantitative estimate of drug-likeness (QED) is 0.896. The number of nitrogens with two attached hydrogens (primary N) is 1. The van der Waals surface area contributed by atoms with E-state index in [4.69, 9.17) is 10.5 Å². The second-order valence-electron chi connectivity index (χ2n) is 5.78. The van der Waals surface area contributed by atoms with E-state index in [-0.39, 0.29) is 36.4 Å². The molecule has 1 aromatic carbocycles. The van der Waals surface area contributed by atoms with Gasteiger partial charge in [-0.05, 0) is 45.2 Å². The van der Waals surface area contributed by atoms with Crippen molar-refractivity contribution < 1.29 is 9.53 Å². The molecule has 1 aliphatic carbocycles. The van der Waals surface area contributed by atoms with Gasteiger partial charge in [0.05, 0.1) is 11.8 Å². The molecule has 0 aromatic heterocycles. The number of carbonyl (C=O) groups is 1. The van der Waals surface area contributed by atoms with Gasteiger partial charge in [0.1, 0.15) is 5.75 Å². The van der Waals surface area contributed by atoms with Gasteiger partial charge in [-0.1, -0.05) is 18.6 Å². The Kier molecular flexibility index (Phi) is 6.99. The molecule has 2 unspecified atom stereocenters. The third-order valence-corrected chi connectivity index (χ3v) is 3.59. The fourth-order valence-electron chi connectivity index (χ4n) is 2.63. The van der Waals surface area contributed by atoms with Crippen LogP contribution in [0.1, 0.15) is 39.5 Å². The van der Waals surface area contributed by atoms with Crippen molar-refractivity contribution >= 4 is 24.0 Å². The van der Waals surface area contributed by atoms with Crippen LogP contribution < -0.4 is 15.8 Å². The Bertz CT molecular complexity index is 465. The number of nitrogens with one attached hydrogen (secondary N) is 1. The number of amides is 1. The number of para-hydroxylation sites is 2. The van der Waals surface area contributed by atoms with Gasteiger partial charge in [0.25, 0.3) is 0 Å². The van der Waals surface area contributed by atoms with E-state index in [1.165, 1.54) is 0 Å². The van der Waals surface area contributed by atoms with Crippen LogP contribution in [0.5, 0.6) is 5.75 Å². The molecule has 1 amide bonds. The summed E-state index contributed by atoms with van der Waals surface area (Å²) >= 11 is 0. The normalized spacial score (nSPS) is 21.5. The Hall–Kier alpha value is -1.26. The number of benzene rings is 1. The van der Waals surface area contributed by atoms with Gasteiger partial charge in [-0.3, -0.25) is 4.79 Å². The van der Waals surface area contributed by atoms with Crippen molar-refractivity contribution in [2.75, 3.05) is 5.32 Å². The van der Waals surface area contributed by atoms with Crippen molar-refractivity contribution in [3.05, 3.63) is 24.3 Å². The van der Waals surface area contributed by atoms with Crippen LogP contribution in [0.4, 0.5) is 5.69 Å². The molecule has 118 valence electrons. The highest BCUT2D eigenvalue weighted by Gasteiger charge is 2.25. The van der Waals surface area contributed by atoms with Gasteiger partial charge in [-0.15, -0.1) is 12.4 Å². The summed E-state index contributed by atoms with van der Waals surface area (Å²) in [5, 5.41) is 2.99. The second-order valence-corrected chi connectivity index (χ2v) is 5.78. The predicted octanol–water partition coefficient (Wildman–Crippen LogP) is 3.35. The molecule has 0 bridgehead atoms. The minimum Gasteiger partial charge on any atom is -0.489 e. The number of hydrogen-bond donors (Lipinski definition) is 2. The summed E-state index contributed by atoms with van der Waals surface area (Å²) in [6.07, 6.45) is 3.84. The van der Waals surface area contributed by atoms with E-state index in [0.717, 1.165) is 37.1 Å². The Balaban J connectivity index is 0.00000220. The van der Waals surface area contributed by atoms with Crippen molar-refractivity contribution in [1.29, 1.82) is 0 Å². The van der Waals surface area contributed by atoms with E-state index in [1.54, 1.807) is 0 Å². The zero-order valence-electron chi connectivity index (χ0n) is 12.7. The molecule has 0 heterocycles.